The van der Waals surface area contributed by atoms with Crippen LogP contribution in [0, 0.1) is 5.92 Å². The van der Waals surface area contributed by atoms with Crippen molar-refractivity contribution in [2.75, 3.05) is 44.3 Å². The van der Waals surface area contributed by atoms with E-state index in [1.807, 2.05) is 0 Å². The highest BCUT2D eigenvalue weighted by atomic mass is 35.5. The number of aryl methyl sites for hydroxylation is 2. The number of anilines is 2. The van der Waals surface area contributed by atoms with Crippen molar-refractivity contribution in [2.24, 2.45) is 5.92 Å². The Balaban J connectivity index is 0.00000272. The number of benzene rings is 2. The molecule has 0 bridgehead atoms. The first-order valence-electron chi connectivity index (χ1n) is 11.2. The number of aliphatic carboxylic acids is 1. The Hall–Kier alpha value is -2.08. The van der Waals surface area contributed by atoms with Crippen molar-refractivity contribution < 1.29 is 14.6 Å². The lowest BCUT2D eigenvalue weighted by Crippen LogP contribution is -2.40. The first-order chi connectivity index (χ1) is 14.7. The lowest BCUT2D eigenvalue weighted by Gasteiger charge is -2.32. The predicted octanol–water partition coefficient (Wildman–Crippen LogP) is 4.55. The Morgan fingerprint density at radius 1 is 0.935 bits per heavy atom. The van der Waals surface area contributed by atoms with Crippen molar-refractivity contribution in [3.8, 4) is 0 Å². The Labute approximate surface area is 191 Å². The van der Waals surface area contributed by atoms with Crippen molar-refractivity contribution in [3.05, 3.63) is 59.7 Å². The summed E-state index contributed by atoms with van der Waals surface area (Å²) in [6.07, 6.45) is 5.12. The molecule has 0 aliphatic carbocycles. The van der Waals surface area contributed by atoms with E-state index in [9.17, 15) is 9.90 Å². The highest BCUT2D eigenvalue weighted by Gasteiger charge is 2.25. The van der Waals surface area contributed by atoms with Crippen molar-refractivity contribution in [1.29, 1.82) is 0 Å². The Morgan fingerprint density at radius 3 is 2.19 bits per heavy atom. The van der Waals surface area contributed by atoms with E-state index < -0.39 is 5.97 Å². The molecule has 1 N–H and O–H groups in total. The fourth-order valence-electron chi connectivity index (χ4n) is 4.72. The molecule has 1 saturated heterocycles. The van der Waals surface area contributed by atoms with Crippen LogP contribution >= 0.6 is 12.4 Å². The standard InChI is InChI=1S/C25H32N2O3.ClH/c28-25(29)22-11-6-14-26(19-22)15-17-30-18-16-27-23-12-3-1-7-20(23)9-5-10-21-8-2-4-13-24(21)27;/h1-4,7-8,12-13,22H,5-6,9-11,14-19H2,(H,28,29);1H/t22-;/m1./s1. The van der Waals surface area contributed by atoms with Gasteiger partial charge in [0.2, 0.25) is 0 Å². The number of hydrogen-bond acceptors (Lipinski definition) is 4. The minimum absolute atomic E-state index is 0. The summed E-state index contributed by atoms with van der Waals surface area (Å²) in [5.41, 5.74) is 5.38. The van der Waals surface area contributed by atoms with Gasteiger partial charge in [-0.05, 0) is 61.9 Å². The van der Waals surface area contributed by atoms with Crippen LogP contribution in [-0.2, 0) is 22.4 Å². The smallest absolute Gasteiger partial charge is 0.307 e. The van der Waals surface area contributed by atoms with Crippen molar-refractivity contribution in [2.45, 2.75) is 32.1 Å². The largest absolute Gasteiger partial charge is 0.481 e. The third kappa shape index (κ3) is 6.00. The van der Waals surface area contributed by atoms with Crippen LogP contribution in [0.15, 0.2) is 48.5 Å². The number of rotatable bonds is 7. The quantitative estimate of drug-likeness (QED) is 0.635. The zero-order valence-corrected chi connectivity index (χ0v) is 18.9. The molecule has 4 rings (SSSR count). The summed E-state index contributed by atoms with van der Waals surface area (Å²) in [4.78, 5) is 15.9. The van der Waals surface area contributed by atoms with Gasteiger partial charge in [-0.2, -0.15) is 0 Å². The lowest BCUT2D eigenvalue weighted by atomic mass is 9.97. The third-order valence-corrected chi connectivity index (χ3v) is 6.32. The van der Waals surface area contributed by atoms with Gasteiger partial charge in [0.15, 0.2) is 0 Å². The first-order valence-corrected chi connectivity index (χ1v) is 11.2. The molecule has 0 amide bonds. The van der Waals surface area contributed by atoms with Gasteiger partial charge in [0.25, 0.3) is 0 Å². The predicted molar refractivity (Wildman–Crippen MR) is 127 cm³/mol. The van der Waals surface area contributed by atoms with Crippen LogP contribution in [0.1, 0.15) is 30.4 Å². The Morgan fingerprint density at radius 2 is 1.55 bits per heavy atom. The number of para-hydroxylation sites is 2. The van der Waals surface area contributed by atoms with Gasteiger partial charge in [0.1, 0.15) is 0 Å². The van der Waals surface area contributed by atoms with E-state index in [0.29, 0.717) is 19.8 Å². The molecule has 0 radical (unpaired) electrons. The SMILES string of the molecule is Cl.O=C(O)[C@@H]1CCCN(CCOCCN2c3ccccc3CCCc3ccccc32)C1. The molecule has 2 aliphatic rings. The van der Waals surface area contributed by atoms with Crippen LogP contribution < -0.4 is 4.90 Å². The molecular formula is C25H33ClN2O3. The van der Waals surface area contributed by atoms with Gasteiger partial charge >= 0.3 is 5.97 Å². The molecule has 5 nitrogen and oxygen atoms in total. The van der Waals surface area contributed by atoms with E-state index in [2.05, 4.69) is 58.3 Å². The van der Waals surface area contributed by atoms with Gasteiger partial charge < -0.3 is 19.6 Å². The first kappa shape index (κ1) is 23.6. The molecule has 0 saturated carbocycles. The minimum Gasteiger partial charge on any atom is -0.481 e. The number of likely N-dealkylation sites (tertiary alicyclic amines) is 1. The maximum absolute atomic E-state index is 11.2. The zero-order chi connectivity index (χ0) is 20.8. The van der Waals surface area contributed by atoms with Gasteiger partial charge in [0.05, 0.1) is 19.1 Å². The molecule has 2 aromatic rings. The summed E-state index contributed by atoms with van der Waals surface area (Å²) in [5.74, 6) is -0.900. The van der Waals surface area contributed by atoms with E-state index >= 15 is 0 Å². The Bertz CT molecular complexity index is 813. The average Bonchev–Trinajstić information content (AvgIpc) is 2.76. The molecule has 31 heavy (non-hydrogen) atoms. The summed E-state index contributed by atoms with van der Waals surface area (Å²) >= 11 is 0. The number of piperidine rings is 1. The molecule has 0 unspecified atom stereocenters. The van der Waals surface area contributed by atoms with E-state index in [-0.39, 0.29) is 18.3 Å². The fourth-order valence-corrected chi connectivity index (χ4v) is 4.72. The van der Waals surface area contributed by atoms with E-state index in [1.165, 1.54) is 28.9 Å². The summed E-state index contributed by atoms with van der Waals surface area (Å²) in [6.45, 7) is 4.52. The molecule has 168 valence electrons. The monoisotopic (exact) mass is 444 g/mol. The molecule has 6 heteroatoms. The molecule has 0 spiro atoms. The molecular weight excluding hydrogens is 412 g/mol. The molecule has 1 atom stereocenters. The van der Waals surface area contributed by atoms with Gasteiger partial charge in [-0.25, -0.2) is 0 Å². The highest BCUT2D eigenvalue weighted by Crippen LogP contribution is 2.34. The number of carboxylic acids is 1. The number of ether oxygens (including phenoxy) is 1. The fraction of sp³-hybridized carbons (Fsp3) is 0.480. The lowest BCUT2D eigenvalue weighted by molar-refractivity contribution is -0.143. The van der Waals surface area contributed by atoms with Crippen LogP contribution in [-0.4, -0.2) is 55.4 Å². The van der Waals surface area contributed by atoms with Crippen LogP contribution in [0.2, 0.25) is 0 Å². The topological polar surface area (TPSA) is 53.0 Å². The summed E-state index contributed by atoms with van der Waals surface area (Å²) in [7, 11) is 0. The van der Waals surface area contributed by atoms with Crippen LogP contribution in [0.5, 0.6) is 0 Å². The van der Waals surface area contributed by atoms with Gasteiger partial charge in [-0.15, -0.1) is 12.4 Å². The number of hydrogen-bond donors (Lipinski definition) is 1. The van der Waals surface area contributed by atoms with Crippen molar-refractivity contribution >= 4 is 29.8 Å². The molecule has 2 aromatic carbocycles. The second-order valence-corrected chi connectivity index (χ2v) is 8.35. The Kier molecular flexibility index (Phi) is 8.76. The summed E-state index contributed by atoms with van der Waals surface area (Å²) in [6, 6.07) is 17.4. The van der Waals surface area contributed by atoms with Gasteiger partial charge in [0, 0.05) is 31.0 Å². The number of fused-ring (bicyclic) bond motifs is 2. The minimum atomic E-state index is -0.671. The van der Waals surface area contributed by atoms with E-state index in [1.54, 1.807) is 0 Å². The van der Waals surface area contributed by atoms with Gasteiger partial charge in [-0.3, -0.25) is 4.79 Å². The number of carboxylic acid groups (broad SMARTS) is 1. The maximum Gasteiger partial charge on any atom is 0.307 e. The highest BCUT2D eigenvalue weighted by molar-refractivity contribution is 5.85. The average molecular weight is 445 g/mol. The number of halogens is 1. The van der Waals surface area contributed by atoms with Crippen LogP contribution in [0.3, 0.4) is 0 Å². The van der Waals surface area contributed by atoms with Crippen molar-refractivity contribution in [1.82, 2.24) is 4.90 Å². The third-order valence-electron chi connectivity index (χ3n) is 6.32. The zero-order valence-electron chi connectivity index (χ0n) is 18.0. The van der Waals surface area contributed by atoms with Crippen LogP contribution in [0.4, 0.5) is 11.4 Å². The molecule has 1 fully saturated rings. The molecule has 2 aliphatic heterocycles. The van der Waals surface area contributed by atoms with Gasteiger partial charge in [-0.1, -0.05) is 36.4 Å². The maximum atomic E-state index is 11.2. The second-order valence-electron chi connectivity index (χ2n) is 8.35. The second kappa shape index (κ2) is 11.5. The summed E-state index contributed by atoms with van der Waals surface area (Å²) in [5, 5.41) is 9.25. The normalized spacial score (nSPS) is 18.8. The summed E-state index contributed by atoms with van der Waals surface area (Å²) < 4.78 is 6.01. The van der Waals surface area contributed by atoms with Crippen molar-refractivity contribution in [3.63, 3.8) is 0 Å². The number of nitrogens with zero attached hydrogens (tertiary/aromatic N) is 2. The van der Waals surface area contributed by atoms with E-state index in [0.717, 1.165) is 45.3 Å². The molecule has 2 heterocycles. The van der Waals surface area contributed by atoms with E-state index in [4.69, 9.17) is 4.74 Å². The number of carbonyl (C=O) groups is 1. The molecule has 0 aromatic heterocycles. The van der Waals surface area contributed by atoms with Crippen LogP contribution in [0.25, 0.3) is 0 Å².